The maximum Gasteiger partial charge on any atom is 0.261 e. The van der Waals surface area contributed by atoms with Gasteiger partial charge in [-0.15, -0.1) is 0 Å². The van der Waals surface area contributed by atoms with E-state index < -0.39 is 32.9 Å². The Labute approximate surface area is 357 Å². The van der Waals surface area contributed by atoms with Gasteiger partial charge in [-0.3, -0.25) is 28.0 Å². The van der Waals surface area contributed by atoms with Gasteiger partial charge in [-0.2, -0.15) is 0 Å². The van der Waals surface area contributed by atoms with Gasteiger partial charge in [0.25, 0.3) is 17.2 Å². The van der Waals surface area contributed by atoms with E-state index in [1.165, 1.54) is 101 Å². The molecule has 0 radical (unpaired) electrons. The lowest BCUT2D eigenvalue weighted by molar-refractivity contribution is -0.118. The van der Waals surface area contributed by atoms with Gasteiger partial charge in [0.1, 0.15) is 17.2 Å². The van der Waals surface area contributed by atoms with Crippen LogP contribution in [0.1, 0.15) is 131 Å². The van der Waals surface area contributed by atoms with Crippen molar-refractivity contribution in [2.45, 2.75) is 111 Å². The molecule has 0 aliphatic rings. The number of phenolic OH excluding ortho intramolecular Hbond substituents is 1. The molecule has 5 N–H and O–H groups in total. The summed E-state index contributed by atoms with van der Waals surface area (Å²) in [5, 5.41) is 17.5. The summed E-state index contributed by atoms with van der Waals surface area (Å²) in [6, 6.07) is 16.7. The second-order valence-corrected chi connectivity index (χ2v) is 18.0. The van der Waals surface area contributed by atoms with Crippen molar-refractivity contribution in [1.29, 1.82) is 0 Å². The van der Waals surface area contributed by atoms with Crippen LogP contribution in [0, 0.1) is 5.92 Å². The third kappa shape index (κ3) is 14.9. The molecule has 0 aliphatic carbocycles. The number of fused-ring (bicyclic) bond motifs is 1. The van der Waals surface area contributed by atoms with Crippen molar-refractivity contribution in [3.05, 3.63) is 77.9 Å². The Kier molecular flexibility index (Phi) is 19.3. The van der Waals surface area contributed by atoms with Crippen LogP contribution in [0.5, 0.6) is 17.2 Å². The average Bonchev–Trinajstić information content (AvgIpc) is 3.22. The molecule has 0 heterocycles. The molecule has 0 spiro atoms. The molecule has 15 heteroatoms. The number of ether oxygens (including phenoxy) is 1. The van der Waals surface area contributed by atoms with E-state index in [4.69, 9.17) is 8.92 Å². The number of carbonyl (C=O) groups excluding carboxylic acids is 3. The maximum absolute atomic E-state index is 13.6. The smallest absolute Gasteiger partial charge is 0.261 e. The fourth-order valence-corrected chi connectivity index (χ4v) is 8.26. The summed E-state index contributed by atoms with van der Waals surface area (Å²) in [6.45, 7) is 5.72. The number of anilines is 4. The molecule has 0 aliphatic heterocycles. The van der Waals surface area contributed by atoms with Crippen molar-refractivity contribution in [3.63, 3.8) is 0 Å². The number of rotatable bonds is 27. The van der Waals surface area contributed by atoms with Gasteiger partial charge in [-0.25, -0.2) is 12.6 Å². The van der Waals surface area contributed by atoms with Gasteiger partial charge in [-0.1, -0.05) is 122 Å². The van der Waals surface area contributed by atoms with Crippen LogP contribution in [0.25, 0.3) is 10.8 Å². The van der Waals surface area contributed by atoms with E-state index in [9.17, 15) is 32.1 Å². The van der Waals surface area contributed by atoms with Crippen LogP contribution < -0.4 is 24.8 Å². The van der Waals surface area contributed by atoms with Crippen LogP contribution in [-0.4, -0.2) is 48.7 Å². The third-order valence-corrected chi connectivity index (χ3v) is 12.1. The van der Waals surface area contributed by atoms with E-state index in [0.717, 1.165) is 25.7 Å². The Balaban J connectivity index is 1.54. The van der Waals surface area contributed by atoms with Crippen LogP contribution in [0.15, 0.2) is 66.7 Å². The zero-order chi connectivity index (χ0) is 43.5. The summed E-state index contributed by atoms with van der Waals surface area (Å²) in [7, 11) is -2.61. The lowest BCUT2D eigenvalue weighted by atomic mass is 10.0. The Morgan fingerprint density at radius 3 is 2.02 bits per heavy atom. The van der Waals surface area contributed by atoms with Crippen LogP contribution in [0.4, 0.5) is 22.7 Å². The largest absolute Gasteiger partial charge is 0.505 e. The van der Waals surface area contributed by atoms with Crippen molar-refractivity contribution < 1.29 is 41.0 Å². The normalized spacial score (nSPS) is 11.9. The zero-order valence-corrected chi connectivity index (χ0v) is 36.8. The summed E-state index contributed by atoms with van der Waals surface area (Å²) < 4.78 is 55.1. The zero-order valence-electron chi connectivity index (χ0n) is 35.1. The second-order valence-electron chi connectivity index (χ2n) is 15.2. The lowest BCUT2D eigenvalue weighted by Crippen LogP contribution is -2.17. The fraction of sp³-hybridized carbons (Fsp3) is 0.444. The van der Waals surface area contributed by atoms with Gasteiger partial charge in [-0.05, 0) is 48.9 Å². The first kappa shape index (κ1) is 47.7. The minimum absolute atomic E-state index is 0.0502. The number of hydrogen-bond acceptors (Lipinski definition) is 9. The minimum Gasteiger partial charge on any atom is -0.505 e. The number of benzene rings is 4. The molecule has 0 aromatic heterocycles. The monoisotopic (exact) mass is 864 g/mol. The van der Waals surface area contributed by atoms with E-state index in [2.05, 4.69) is 27.0 Å². The highest BCUT2D eigenvalue weighted by Gasteiger charge is 2.22. The SMILES string of the molecule is CCCCCCCCCCCCCCCCS(=O)(=O)Nc1cccc2c(Oc3ccc(NC(=O)C(C)C)cc3C=O)cc(NC(=O)c3cccc(NS(=O)OC)c3)c(O)c12. The lowest BCUT2D eigenvalue weighted by Gasteiger charge is -2.19. The molecule has 1 atom stereocenters. The molecule has 4 rings (SSSR count). The highest BCUT2D eigenvalue weighted by molar-refractivity contribution is 7.92. The number of aromatic hydroxyl groups is 1. The van der Waals surface area contributed by atoms with E-state index in [1.807, 2.05) is 0 Å². The summed E-state index contributed by atoms with van der Waals surface area (Å²) in [5.74, 6) is -1.56. The molecule has 326 valence electrons. The first-order valence-electron chi connectivity index (χ1n) is 20.9. The number of phenols is 1. The minimum atomic E-state index is -3.87. The highest BCUT2D eigenvalue weighted by Crippen LogP contribution is 2.45. The summed E-state index contributed by atoms with van der Waals surface area (Å²) >= 11 is -1.85. The van der Waals surface area contributed by atoms with Crippen molar-refractivity contribution in [2.24, 2.45) is 5.92 Å². The van der Waals surface area contributed by atoms with Crippen LogP contribution in [0.2, 0.25) is 0 Å². The number of hydrogen-bond donors (Lipinski definition) is 5. The van der Waals surface area contributed by atoms with E-state index in [0.29, 0.717) is 24.1 Å². The predicted molar refractivity (Wildman–Crippen MR) is 242 cm³/mol. The summed E-state index contributed by atoms with van der Waals surface area (Å²) in [6.07, 6.45) is 16.6. The Morgan fingerprint density at radius 2 is 1.40 bits per heavy atom. The topological polar surface area (TPSA) is 189 Å². The second kappa shape index (κ2) is 24.3. The average molecular weight is 865 g/mol. The summed E-state index contributed by atoms with van der Waals surface area (Å²) in [4.78, 5) is 38.2. The molecule has 60 heavy (non-hydrogen) atoms. The molecule has 2 amide bonds. The molecule has 0 bridgehead atoms. The number of sulfonamides is 1. The van der Waals surface area contributed by atoms with Crippen LogP contribution >= 0.6 is 0 Å². The molecule has 0 saturated carbocycles. The van der Waals surface area contributed by atoms with Crippen molar-refractivity contribution in [2.75, 3.05) is 32.9 Å². The van der Waals surface area contributed by atoms with Gasteiger partial charge in [0.15, 0.2) is 6.29 Å². The fourth-order valence-electron chi connectivity index (χ4n) is 6.67. The first-order chi connectivity index (χ1) is 28.8. The van der Waals surface area contributed by atoms with Crippen LogP contribution in [0.3, 0.4) is 0 Å². The van der Waals surface area contributed by atoms with E-state index >= 15 is 0 Å². The molecular weight excluding hydrogens is 805 g/mol. The molecular formula is C45H60N4O9S2. The highest BCUT2D eigenvalue weighted by atomic mass is 32.2. The molecule has 0 saturated heterocycles. The molecule has 4 aromatic rings. The molecule has 0 fully saturated rings. The quantitative estimate of drug-likeness (QED) is 0.0221. The van der Waals surface area contributed by atoms with Gasteiger partial charge in [0.2, 0.25) is 15.9 Å². The predicted octanol–water partition coefficient (Wildman–Crippen LogP) is 10.9. The van der Waals surface area contributed by atoms with Gasteiger partial charge in [0, 0.05) is 34.3 Å². The standard InChI is InChI=1S/C45H60N4O9S2/c1-5-6-7-8-9-10-11-12-13-14-15-16-17-18-27-60(55,56)49-38-24-20-23-37-41(58-40-26-25-35(29-34(40)31-50)46-44(52)32(2)3)30-39(43(51)42(37)38)47-45(53)33-21-19-22-36(28-33)48-59(54)57-4/h19-26,28-32,48-49,51H,5-18,27H2,1-4H3,(H,46,52)(H,47,53). The third-order valence-electron chi connectivity index (χ3n) is 10.0. The van der Waals surface area contributed by atoms with Crippen LogP contribution in [-0.2, 0) is 30.3 Å². The van der Waals surface area contributed by atoms with Gasteiger partial charge >= 0.3 is 0 Å². The van der Waals surface area contributed by atoms with E-state index in [-0.39, 0.29) is 62.4 Å². The van der Waals surface area contributed by atoms with E-state index in [1.54, 1.807) is 44.2 Å². The Morgan fingerprint density at radius 1 is 0.767 bits per heavy atom. The van der Waals surface area contributed by atoms with Gasteiger partial charge in [0.05, 0.1) is 35.2 Å². The number of nitrogens with one attached hydrogen (secondary N) is 4. The molecule has 13 nitrogen and oxygen atoms in total. The van der Waals surface area contributed by atoms with Crippen molar-refractivity contribution >= 4 is 72.9 Å². The molecule has 4 aromatic carbocycles. The summed E-state index contributed by atoms with van der Waals surface area (Å²) in [5.41, 5.74) is 0.902. The number of amides is 2. The Hall–Kier alpha value is -4.99. The molecule has 1 unspecified atom stereocenters. The van der Waals surface area contributed by atoms with Crippen molar-refractivity contribution in [3.8, 4) is 17.2 Å². The number of unbranched alkanes of at least 4 members (excludes halogenated alkanes) is 13. The Bertz CT molecular complexity index is 2200. The van der Waals surface area contributed by atoms with Gasteiger partial charge < -0.3 is 20.5 Å². The number of carbonyl (C=O) groups is 3. The van der Waals surface area contributed by atoms with Crippen molar-refractivity contribution in [1.82, 2.24) is 0 Å². The maximum atomic E-state index is 13.6. The number of aldehydes is 1. The first-order valence-corrected chi connectivity index (χ1v) is 23.6.